The Kier molecular flexibility index (Phi) is 2.23. The molecular formula is C11H15NO. The van der Waals surface area contributed by atoms with Crippen molar-refractivity contribution < 1.29 is 4.74 Å². The summed E-state index contributed by atoms with van der Waals surface area (Å²) in [4.78, 5) is 0. The van der Waals surface area contributed by atoms with E-state index in [-0.39, 0.29) is 6.04 Å². The van der Waals surface area contributed by atoms with Crippen molar-refractivity contribution in [1.29, 1.82) is 0 Å². The summed E-state index contributed by atoms with van der Waals surface area (Å²) in [5, 5.41) is 0. The molecule has 0 aliphatic carbocycles. The van der Waals surface area contributed by atoms with Gasteiger partial charge in [0, 0.05) is 18.0 Å². The Labute approximate surface area is 78.7 Å². The second-order valence-electron chi connectivity index (χ2n) is 3.45. The molecule has 0 aromatic heterocycles. The molecule has 2 nitrogen and oxygen atoms in total. The maximum absolute atomic E-state index is 5.99. The molecule has 0 fully saturated rings. The number of ether oxygens (including phenoxy) is 1. The monoisotopic (exact) mass is 177 g/mol. The van der Waals surface area contributed by atoms with Gasteiger partial charge >= 0.3 is 0 Å². The summed E-state index contributed by atoms with van der Waals surface area (Å²) >= 11 is 0. The topological polar surface area (TPSA) is 35.2 Å². The molecule has 13 heavy (non-hydrogen) atoms. The average Bonchev–Trinajstić information content (AvgIpc) is 2.63. The molecule has 1 atom stereocenters. The summed E-state index contributed by atoms with van der Waals surface area (Å²) in [6.07, 6.45) is 1.99. The van der Waals surface area contributed by atoms with E-state index < -0.39 is 0 Å². The average molecular weight is 177 g/mol. The van der Waals surface area contributed by atoms with Crippen LogP contribution in [0.15, 0.2) is 18.2 Å². The van der Waals surface area contributed by atoms with Gasteiger partial charge in [-0.1, -0.05) is 25.1 Å². The SMILES string of the molecule is CCC(N)c1cccc2c1OCC2. The van der Waals surface area contributed by atoms with E-state index >= 15 is 0 Å². The van der Waals surface area contributed by atoms with Crippen LogP contribution in [0.4, 0.5) is 0 Å². The van der Waals surface area contributed by atoms with Crippen LogP contribution in [0.5, 0.6) is 5.75 Å². The summed E-state index contributed by atoms with van der Waals surface area (Å²) in [5.74, 6) is 1.04. The third-order valence-electron chi connectivity index (χ3n) is 2.58. The molecule has 1 aromatic carbocycles. The van der Waals surface area contributed by atoms with E-state index in [1.54, 1.807) is 0 Å². The van der Waals surface area contributed by atoms with E-state index in [0.29, 0.717) is 0 Å². The fraction of sp³-hybridized carbons (Fsp3) is 0.455. The van der Waals surface area contributed by atoms with E-state index in [1.165, 1.54) is 5.56 Å². The van der Waals surface area contributed by atoms with Crippen LogP contribution >= 0.6 is 0 Å². The molecule has 0 spiro atoms. The molecule has 0 amide bonds. The predicted octanol–water partition coefficient (Wildman–Crippen LogP) is 2.03. The van der Waals surface area contributed by atoms with Crippen molar-refractivity contribution >= 4 is 0 Å². The molecule has 1 aromatic rings. The zero-order valence-corrected chi connectivity index (χ0v) is 7.92. The summed E-state index contributed by atoms with van der Waals surface area (Å²) < 4.78 is 5.57. The number of fused-ring (bicyclic) bond motifs is 1. The van der Waals surface area contributed by atoms with Gasteiger partial charge in [0.2, 0.25) is 0 Å². The first-order valence-corrected chi connectivity index (χ1v) is 4.83. The van der Waals surface area contributed by atoms with Crippen LogP contribution in [-0.4, -0.2) is 6.61 Å². The molecule has 1 heterocycles. The standard InChI is InChI=1S/C11H15NO/c1-2-10(12)9-5-3-4-8-6-7-13-11(8)9/h3-5,10H,2,6-7,12H2,1H3. The maximum Gasteiger partial charge on any atom is 0.127 e. The minimum absolute atomic E-state index is 0.119. The van der Waals surface area contributed by atoms with Crippen molar-refractivity contribution in [2.24, 2.45) is 5.73 Å². The molecule has 2 N–H and O–H groups in total. The van der Waals surface area contributed by atoms with Crippen molar-refractivity contribution in [2.45, 2.75) is 25.8 Å². The highest BCUT2D eigenvalue weighted by Crippen LogP contribution is 2.33. The molecule has 0 bridgehead atoms. The van der Waals surface area contributed by atoms with Gasteiger partial charge in [-0.05, 0) is 12.0 Å². The highest BCUT2D eigenvalue weighted by Gasteiger charge is 2.18. The predicted molar refractivity (Wildman–Crippen MR) is 52.9 cm³/mol. The lowest BCUT2D eigenvalue weighted by molar-refractivity contribution is 0.351. The van der Waals surface area contributed by atoms with Gasteiger partial charge in [0.1, 0.15) is 5.75 Å². The van der Waals surface area contributed by atoms with Crippen molar-refractivity contribution in [3.63, 3.8) is 0 Å². The highest BCUT2D eigenvalue weighted by atomic mass is 16.5. The summed E-state index contributed by atoms with van der Waals surface area (Å²) in [6.45, 7) is 2.90. The minimum Gasteiger partial charge on any atom is -0.493 e. The van der Waals surface area contributed by atoms with Gasteiger partial charge in [0.25, 0.3) is 0 Å². The van der Waals surface area contributed by atoms with Crippen LogP contribution in [0.2, 0.25) is 0 Å². The molecule has 70 valence electrons. The normalized spacial score (nSPS) is 16.5. The number of nitrogens with two attached hydrogens (primary N) is 1. The number of benzene rings is 1. The Hall–Kier alpha value is -1.02. The fourth-order valence-electron chi connectivity index (χ4n) is 1.75. The molecule has 0 radical (unpaired) electrons. The van der Waals surface area contributed by atoms with Gasteiger partial charge in [-0.25, -0.2) is 0 Å². The highest BCUT2D eigenvalue weighted by molar-refractivity contribution is 5.45. The largest absolute Gasteiger partial charge is 0.493 e. The Morgan fingerprint density at radius 3 is 3.15 bits per heavy atom. The molecular weight excluding hydrogens is 162 g/mol. The van der Waals surface area contributed by atoms with Crippen LogP contribution in [-0.2, 0) is 6.42 Å². The Morgan fingerprint density at radius 1 is 1.54 bits per heavy atom. The van der Waals surface area contributed by atoms with Crippen molar-refractivity contribution in [3.8, 4) is 5.75 Å². The lowest BCUT2D eigenvalue weighted by atomic mass is 10.0. The molecule has 0 saturated carbocycles. The number of hydrogen-bond donors (Lipinski definition) is 1. The van der Waals surface area contributed by atoms with Crippen molar-refractivity contribution in [3.05, 3.63) is 29.3 Å². The van der Waals surface area contributed by atoms with Gasteiger partial charge in [0.05, 0.1) is 6.61 Å². The van der Waals surface area contributed by atoms with Crippen LogP contribution in [0, 0.1) is 0 Å². The lowest BCUT2D eigenvalue weighted by Crippen LogP contribution is -2.09. The summed E-state index contributed by atoms with van der Waals surface area (Å²) in [5.41, 5.74) is 8.46. The molecule has 0 saturated heterocycles. The van der Waals surface area contributed by atoms with Gasteiger partial charge in [-0.3, -0.25) is 0 Å². The number of hydrogen-bond acceptors (Lipinski definition) is 2. The van der Waals surface area contributed by atoms with Gasteiger partial charge in [-0.15, -0.1) is 0 Å². The fourth-order valence-corrected chi connectivity index (χ4v) is 1.75. The summed E-state index contributed by atoms with van der Waals surface area (Å²) in [7, 11) is 0. The van der Waals surface area contributed by atoms with Crippen LogP contribution in [0.3, 0.4) is 0 Å². The van der Waals surface area contributed by atoms with Gasteiger partial charge in [0.15, 0.2) is 0 Å². The Morgan fingerprint density at radius 2 is 2.38 bits per heavy atom. The first-order chi connectivity index (χ1) is 6.33. The minimum atomic E-state index is 0.119. The van der Waals surface area contributed by atoms with Crippen molar-refractivity contribution in [2.75, 3.05) is 6.61 Å². The quantitative estimate of drug-likeness (QED) is 0.750. The van der Waals surface area contributed by atoms with E-state index in [4.69, 9.17) is 10.5 Å². The molecule has 1 aliphatic heterocycles. The van der Waals surface area contributed by atoms with Gasteiger partial charge < -0.3 is 10.5 Å². The lowest BCUT2D eigenvalue weighted by Gasteiger charge is -2.13. The van der Waals surface area contributed by atoms with Crippen LogP contribution in [0.25, 0.3) is 0 Å². The van der Waals surface area contributed by atoms with Crippen molar-refractivity contribution in [1.82, 2.24) is 0 Å². The smallest absolute Gasteiger partial charge is 0.127 e. The Bertz CT molecular complexity index is 309. The van der Waals surface area contributed by atoms with E-state index in [9.17, 15) is 0 Å². The maximum atomic E-state index is 5.99. The van der Waals surface area contributed by atoms with Crippen LogP contribution < -0.4 is 10.5 Å². The second-order valence-corrected chi connectivity index (χ2v) is 3.45. The third kappa shape index (κ3) is 1.42. The third-order valence-corrected chi connectivity index (χ3v) is 2.58. The number of para-hydroxylation sites is 1. The first-order valence-electron chi connectivity index (χ1n) is 4.83. The number of rotatable bonds is 2. The first kappa shape index (κ1) is 8.57. The molecule has 2 rings (SSSR count). The van der Waals surface area contributed by atoms with Crippen LogP contribution in [0.1, 0.15) is 30.5 Å². The molecule has 2 heteroatoms. The zero-order valence-electron chi connectivity index (χ0n) is 7.92. The zero-order chi connectivity index (χ0) is 9.26. The van der Waals surface area contributed by atoms with E-state index in [2.05, 4.69) is 25.1 Å². The van der Waals surface area contributed by atoms with E-state index in [1.807, 2.05) is 0 Å². The Balaban J connectivity index is 2.41. The second kappa shape index (κ2) is 3.38. The van der Waals surface area contributed by atoms with E-state index in [0.717, 1.165) is 30.8 Å². The molecule has 1 aliphatic rings. The van der Waals surface area contributed by atoms with Gasteiger partial charge in [-0.2, -0.15) is 0 Å². The molecule has 1 unspecified atom stereocenters. The summed E-state index contributed by atoms with van der Waals surface area (Å²) in [6, 6.07) is 6.37.